The standard InChI is InChI=1S/C15H15N3OS/c1-9-4-14(20-8-9)13-5-11(10-2-3-19-7-10)12(6-16)15(17)18-13/h4-5,8,10H,2-3,7H2,1H3,(H2,17,18). The van der Waals surface area contributed by atoms with E-state index in [-0.39, 0.29) is 5.92 Å². The van der Waals surface area contributed by atoms with E-state index in [0.717, 1.165) is 29.2 Å². The van der Waals surface area contributed by atoms with Crippen LogP contribution in [0.1, 0.15) is 29.0 Å². The summed E-state index contributed by atoms with van der Waals surface area (Å²) in [4.78, 5) is 5.47. The Morgan fingerprint density at radius 2 is 2.35 bits per heavy atom. The highest BCUT2D eigenvalue weighted by atomic mass is 32.1. The fourth-order valence-corrected chi connectivity index (χ4v) is 3.36. The molecule has 0 saturated carbocycles. The van der Waals surface area contributed by atoms with Crippen molar-refractivity contribution >= 4 is 17.2 Å². The number of nitrogens with two attached hydrogens (primary N) is 1. The predicted octanol–water partition coefficient (Wildman–Crippen LogP) is 3.08. The van der Waals surface area contributed by atoms with E-state index in [4.69, 9.17) is 10.5 Å². The third-order valence-corrected chi connectivity index (χ3v) is 4.61. The van der Waals surface area contributed by atoms with Gasteiger partial charge in [-0.05, 0) is 42.0 Å². The van der Waals surface area contributed by atoms with Gasteiger partial charge in [-0.15, -0.1) is 11.3 Å². The Bertz CT molecular complexity index is 681. The Balaban J connectivity index is 2.11. The van der Waals surface area contributed by atoms with Gasteiger partial charge in [0.25, 0.3) is 0 Å². The highest BCUT2D eigenvalue weighted by Gasteiger charge is 2.23. The molecule has 2 aromatic heterocycles. The molecule has 1 atom stereocenters. The van der Waals surface area contributed by atoms with Crippen LogP contribution < -0.4 is 5.73 Å². The van der Waals surface area contributed by atoms with Crippen LogP contribution in [0.25, 0.3) is 10.6 Å². The van der Waals surface area contributed by atoms with E-state index < -0.39 is 0 Å². The van der Waals surface area contributed by atoms with Gasteiger partial charge in [0.1, 0.15) is 11.9 Å². The summed E-state index contributed by atoms with van der Waals surface area (Å²) in [7, 11) is 0. The van der Waals surface area contributed by atoms with Crippen molar-refractivity contribution in [2.24, 2.45) is 0 Å². The minimum absolute atomic E-state index is 0.245. The van der Waals surface area contributed by atoms with E-state index in [0.29, 0.717) is 18.0 Å². The van der Waals surface area contributed by atoms with Gasteiger partial charge >= 0.3 is 0 Å². The highest BCUT2D eigenvalue weighted by Crippen LogP contribution is 2.34. The second kappa shape index (κ2) is 5.23. The van der Waals surface area contributed by atoms with Crippen molar-refractivity contribution in [3.63, 3.8) is 0 Å². The van der Waals surface area contributed by atoms with Crippen LogP contribution >= 0.6 is 11.3 Å². The monoisotopic (exact) mass is 285 g/mol. The molecule has 1 aliphatic rings. The topological polar surface area (TPSA) is 71.9 Å². The number of rotatable bonds is 2. The molecule has 0 spiro atoms. The predicted molar refractivity (Wildman–Crippen MR) is 79.6 cm³/mol. The molecular weight excluding hydrogens is 270 g/mol. The van der Waals surface area contributed by atoms with Gasteiger partial charge in [0.2, 0.25) is 0 Å². The number of anilines is 1. The van der Waals surface area contributed by atoms with Crippen molar-refractivity contribution < 1.29 is 4.74 Å². The summed E-state index contributed by atoms with van der Waals surface area (Å²) >= 11 is 1.64. The molecule has 3 heterocycles. The number of hydrogen-bond donors (Lipinski definition) is 1. The number of thiophene rings is 1. The molecule has 5 heteroatoms. The Morgan fingerprint density at radius 1 is 1.50 bits per heavy atom. The summed E-state index contributed by atoms with van der Waals surface area (Å²) in [6, 6.07) is 6.28. The molecule has 0 amide bonds. The number of ether oxygens (including phenoxy) is 1. The summed E-state index contributed by atoms with van der Waals surface area (Å²) in [5.74, 6) is 0.563. The maximum atomic E-state index is 9.32. The average molecular weight is 285 g/mol. The average Bonchev–Trinajstić information content (AvgIpc) is 3.08. The number of nitrogen functional groups attached to an aromatic ring is 1. The molecule has 2 aromatic rings. The highest BCUT2D eigenvalue weighted by molar-refractivity contribution is 7.13. The van der Waals surface area contributed by atoms with Gasteiger partial charge in [-0.2, -0.15) is 5.26 Å². The molecule has 102 valence electrons. The molecule has 0 radical (unpaired) electrons. The fourth-order valence-electron chi connectivity index (χ4n) is 2.50. The van der Waals surface area contributed by atoms with E-state index in [1.807, 2.05) is 6.07 Å². The molecule has 0 bridgehead atoms. The number of hydrogen-bond acceptors (Lipinski definition) is 5. The molecule has 0 aliphatic carbocycles. The molecule has 2 N–H and O–H groups in total. The zero-order chi connectivity index (χ0) is 14.1. The minimum Gasteiger partial charge on any atom is -0.383 e. The van der Waals surface area contributed by atoms with Crippen LogP contribution in [0.15, 0.2) is 17.5 Å². The normalized spacial score (nSPS) is 18.1. The Morgan fingerprint density at radius 3 is 2.95 bits per heavy atom. The van der Waals surface area contributed by atoms with Crippen molar-refractivity contribution in [1.82, 2.24) is 4.98 Å². The first-order valence-electron chi connectivity index (χ1n) is 6.53. The molecule has 0 aromatic carbocycles. The van der Waals surface area contributed by atoms with Gasteiger partial charge < -0.3 is 10.5 Å². The summed E-state index contributed by atoms with van der Waals surface area (Å²) < 4.78 is 5.43. The van der Waals surface area contributed by atoms with E-state index in [2.05, 4.69) is 29.4 Å². The first-order chi connectivity index (χ1) is 9.69. The van der Waals surface area contributed by atoms with Crippen LogP contribution in [0.4, 0.5) is 5.82 Å². The molecule has 1 fully saturated rings. The van der Waals surface area contributed by atoms with E-state index >= 15 is 0 Å². The first kappa shape index (κ1) is 13.1. The van der Waals surface area contributed by atoms with Crippen molar-refractivity contribution in [2.45, 2.75) is 19.3 Å². The molecule has 1 unspecified atom stereocenters. The smallest absolute Gasteiger partial charge is 0.142 e. The van der Waals surface area contributed by atoms with Crippen molar-refractivity contribution in [2.75, 3.05) is 18.9 Å². The minimum atomic E-state index is 0.245. The van der Waals surface area contributed by atoms with Crippen molar-refractivity contribution in [3.05, 3.63) is 34.2 Å². The molecule has 3 rings (SSSR count). The zero-order valence-electron chi connectivity index (χ0n) is 11.2. The number of aryl methyl sites for hydroxylation is 1. The lowest BCUT2D eigenvalue weighted by atomic mass is 9.94. The van der Waals surface area contributed by atoms with Crippen LogP contribution in [0.3, 0.4) is 0 Å². The van der Waals surface area contributed by atoms with Crippen LogP contribution in [-0.2, 0) is 4.74 Å². The summed E-state index contributed by atoms with van der Waals surface area (Å²) in [5.41, 5.74) is 9.50. The van der Waals surface area contributed by atoms with E-state index in [9.17, 15) is 5.26 Å². The molecule has 20 heavy (non-hydrogen) atoms. The second-order valence-corrected chi connectivity index (χ2v) is 5.93. The molecule has 4 nitrogen and oxygen atoms in total. The van der Waals surface area contributed by atoms with Gasteiger partial charge in [0, 0.05) is 12.5 Å². The number of aromatic nitrogens is 1. The number of nitrogens with zero attached hydrogens (tertiary/aromatic N) is 2. The lowest BCUT2D eigenvalue weighted by Gasteiger charge is -2.13. The van der Waals surface area contributed by atoms with Crippen LogP contribution in [0.5, 0.6) is 0 Å². The summed E-state index contributed by atoms with van der Waals surface area (Å²) in [6.45, 7) is 3.45. The first-order valence-corrected chi connectivity index (χ1v) is 7.40. The third kappa shape index (κ3) is 2.28. The summed E-state index contributed by atoms with van der Waals surface area (Å²) in [6.07, 6.45) is 0.932. The summed E-state index contributed by atoms with van der Waals surface area (Å²) in [5, 5.41) is 11.4. The van der Waals surface area contributed by atoms with E-state index in [1.54, 1.807) is 11.3 Å². The van der Waals surface area contributed by atoms with Crippen LogP contribution in [0.2, 0.25) is 0 Å². The number of pyridine rings is 1. The van der Waals surface area contributed by atoms with Crippen LogP contribution in [0, 0.1) is 18.3 Å². The van der Waals surface area contributed by atoms with Crippen molar-refractivity contribution in [1.29, 1.82) is 5.26 Å². The van der Waals surface area contributed by atoms with Gasteiger partial charge in [-0.1, -0.05) is 0 Å². The Kier molecular flexibility index (Phi) is 3.43. The Hall–Kier alpha value is -1.90. The largest absolute Gasteiger partial charge is 0.383 e. The fraction of sp³-hybridized carbons (Fsp3) is 0.333. The van der Waals surface area contributed by atoms with Gasteiger partial charge in [-0.3, -0.25) is 0 Å². The maximum Gasteiger partial charge on any atom is 0.142 e. The maximum absolute atomic E-state index is 9.32. The lowest BCUT2D eigenvalue weighted by molar-refractivity contribution is 0.194. The lowest BCUT2D eigenvalue weighted by Crippen LogP contribution is -2.06. The number of nitriles is 1. The molecule has 1 saturated heterocycles. The molecule has 1 aliphatic heterocycles. The zero-order valence-corrected chi connectivity index (χ0v) is 12.0. The van der Waals surface area contributed by atoms with Crippen molar-refractivity contribution in [3.8, 4) is 16.6 Å². The molecular formula is C15H15N3OS. The van der Waals surface area contributed by atoms with Gasteiger partial charge in [0.05, 0.1) is 22.7 Å². The third-order valence-electron chi connectivity index (χ3n) is 3.54. The quantitative estimate of drug-likeness (QED) is 0.920. The van der Waals surface area contributed by atoms with Crippen LogP contribution in [-0.4, -0.2) is 18.2 Å². The van der Waals surface area contributed by atoms with E-state index in [1.165, 1.54) is 5.56 Å². The second-order valence-electron chi connectivity index (χ2n) is 5.02. The Labute approximate surface area is 121 Å². The SMILES string of the molecule is Cc1csc(-c2cc(C3CCOC3)c(C#N)c(N)n2)c1. The van der Waals surface area contributed by atoms with Gasteiger partial charge in [0.15, 0.2) is 0 Å². The van der Waals surface area contributed by atoms with Gasteiger partial charge in [-0.25, -0.2) is 4.98 Å².